The molecular weight excluding hydrogens is 403 g/mol. The fourth-order valence-corrected chi connectivity index (χ4v) is 3.51. The molecule has 0 spiro atoms. The highest BCUT2D eigenvalue weighted by Gasteiger charge is 2.12. The number of rotatable bonds is 21. The summed E-state index contributed by atoms with van der Waals surface area (Å²) in [5.41, 5.74) is 10.1. The fraction of sp³-hybridized carbons (Fsp3) is 1.00. The first-order chi connectivity index (χ1) is 14.4. The highest BCUT2D eigenvalue weighted by Crippen LogP contribution is 2.35. The van der Waals surface area contributed by atoms with E-state index in [1.165, 1.54) is 83.5 Å². The van der Waals surface area contributed by atoms with Crippen molar-refractivity contribution >= 4 is 7.82 Å². The van der Waals surface area contributed by atoms with Crippen molar-refractivity contribution in [1.82, 2.24) is 0 Å². The van der Waals surface area contributed by atoms with Crippen LogP contribution in [0.2, 0.25) is 0 Å². The summed E-state index contributed by atoms with van der Waals surface area (Å²) in [6, 6.07) is 0. The van der Waals surface area contributed by atoms with E-state index in [9.17, 15) is 4.57 Å². The van der Waals surface area contributed by atoms with Gasteiger partial charge in [0.25, 0.3) is 0 Å². The Bertz CT molecular complexity index is 369. The summed E-state index contributed by atoms with van der Waals surface area (Å²) in [7, 11) is -4.26. The van der Waals surface area contributed by atoms with Crippen LogP contribution in [0.5, 0.6) is 0 Å². The van der Waals surface area contributed by atoms with E-state index in [1.807, 2.05) is 0 Å². The summed E-state index contributed by atoms with van der Waals surface area (Å²) in [6.07, 6.45) is 20.9. The van der Waals surface area contributed by atoms with Gasteiger partial charge in [-0.1, -0.05) is 103 Å². The molecule has 7 nitrogen and oxygen atoms in total. The van der Waals surface area contributed by atoms with Gasteiger partial charge in [-0.15, -0.1) is 0 Å². The van der Waals surface area contributed by atoms with Crippen LogP contribution in [0.4, 0.5) is 0 Å². The summed E-state index contributed by atoms with van der Waals surface area (Å²) in [6.45, 7) is 3.26. The molecule has 0 radical (unpaired) electrons. The van der Waals surface area contributed by atoms with Crippen molar-refractivity contribution in [2.75, 3.05) is 19.7 Å². The van der Waals surface area contributed by atoms with Crippen LogP contribution in [0.25, 0.3) is 0 Å². The van der Waals surface area contributed by atoms with Crippen LogP contribution in [0.1, 0.15) is 116 Å². The summed E-state index contributed by atoms with van der Waals surface area (Å²) >= 11 is 0. The van der Waals surface area contributed by atoms with Crippen molar-refractivity contribution in [3.05, 3.63) is 0 Å². The molecule has 30 heavy (non-hydrogen) atoms. The van der Waals surface area contributed by atoms with Crippen molar-refractivity contribution in [1.29, 1.82) is 0 Å². The molecule has 1 atom stereocenters. The summed E-state index contributed by atoms with van der Waals surface area (Å²) in [5.74, 6) is 0. The maximum absolute atomic E-state index is 10.5. The highest BCUT2D eigenvalue weighted by molar-refractivity contribution is 7.46. The Balaban J connectivity index is 0. The van der Waals surface area contributed by atoms with E-state index < -0.39 is 13.9 Å². The average Bonchev–Trinajstić information content (AvgIpc) is 2.70. The Hall–Kier alpha value is -0.0100. The third kappa shape index (κ3) is 32.6. The molecular formula is C22H51N2O5P. The van der Waals surface area contributed by atoms with Crippen LogP contribution in [0, 0.1) is 0 Å². The summed E-state index contributed by atoms with van der Waals surface area (Å²) in [4.78, 5) is 17.1. The highest BCUT2D eigenvalue weighted by atomic mass is 31.2. The molecule has 0 fully saturated rings. The zero-order valence-electron chi connectivity index (χ0n) is 19.5. The number of hydrogen-bond acceptors (Lipinski definition) is 5. The number of nitrogens with two attached hydrogens (primary N) is 2. The summed E-state index contributed by atoms with van der Waals surface area (Å²) < 4.78 is 14.9. The first kappa shape index (κ1) is 32.2. The minimum Gasteiger partial charge on any atom is -0.392 e. The van der Waals surface area contributed by atoms with Crippen molar-refractivity contribution in [2.24, 2.45) is 11.5 Å². The Kier molecular flexibility index (Phi) is 27.1. The normalized spacial score (nSPS) is 12.5. The first-order valence-electron chi connectivity index (χ1n) is 12.2. The third-order valence-electron chi connectivity index (χ3n) is 5.03. The van der Waals surface area contributed by atoms with Crippen LogP contribution in [-0.4, -0.2) is 40.7 Å². The van der Waals surface area contributed by atoms with Crippen molar-refractivity contribution in [3.63, 3.8) is 0 Å². The predicted molar refractivity (Wildman–Crippen MR) is 126 cm³/mol. The third-order valence-corrected chi connectivity index (χ3v) is 5.55. The lowest BCUT2D eigenvalue weighted by Gasteiger charge is -2.05. The Labute approximate surface area is 185 Å². The van der Waals surface area contributed by atoms with Crippen LogP contribution in [0.15, 0.2) is 0 Å². The number of phosphoric ester groups is 1. The Morgan fingerprint density at radius 2 is 1.10 bits per heavy atom. The number of aliphatic hydroxyl groups is 1. The number of hydrogen-bond donors (Lipinski definition) is 5. The second-order valence-corrected chi connectivity index (χ2v) is 9.33. The molecule has 0 aromatic rings. The van der Waals surface area contributed by atoms with E-state index in [0.29, 0.717) is 19.5 Å². The Morgan fingerprint density at radius 3 is 1.37 bits per heavy atom. The van der Waals surface area contributed by atoms with Gasteiger partial charge < -0.3 is 26.4 Å². The van der Waals surface area contributed by atoms with Gasteiger partial charge in [0.05, 0.1) is 12.7 Å². The van der Waals surface area contributed by atoms with Crippen molar-refractivity contribution in [3.8, 4) is 0 Å². The molecule has 0 aliphatic heterocycles. The molecule has 0 aliphatic carbocycles. The van der Waals surface area contributed by atoms with E-state index in [0.717, 1.165) is 19.3 Å². The molecule has 184 valence electrons. The van der Waals surface area contributed by atoms with Gasteiger partial charge in [-0.3, -0.25) is 4.52 Å². The predicted octanol–water partition coefficient (Wildman–Crippen LogP) is 5.01. The van der Waals surface area contributed by atoms with Crippen molar-refractivity contribution in [2.45, 2.75) is 122 Å². The number of aliphatic hydroxyl groups excluding tert-OH is 1. The van der Waals surface area contributed by atoms with Gasteiger partial charge in [-0.2, -0.15) is 0 Å². The molecule has 0 aliphatic rings. The number of unbranched alkanes of at least 4 members (excludes halogenated alkanes) is 15. The van der Waals surface area contributed by atoms with Crippen LogP contribution < -0.4 is 11.5 Å². The van der Waals surface area contributed by atoms with E-state index in [-0.39, 0.29) is 6.61 Å². The van der Waals surface area contributed by atoms with Gasteiger partial charge in [0.15, 0.2) is 0 Å². The van der Waals surface area contributed by atoms with Crippen molar-refractivity contribution < 1.29 is 24.0 Å². The van der Waals surface area contributed by atoms with Gasteiger partial charge in [0.1, 0.15) is 0 Å². The zero-order chi connectivity index (χ0) is 22.9. The second kappa shape index (κ2) is 25.3. The molecule has 0 aromatic carbocycles. The van der Waals surface area contributed by atoms with E-state index >= 15 is 0 Å². The van der Waals surface area contributed by atoms with Gasteiger partial charge in [0.2, 0.25) is 0 Å². The molecule has 0 bridgehead atoms. The van der Waals surface area contributed by atoms with Gasteiger partial charge in [0, 0.05) is 6.54 Å². The molecule has 0 aromatic heterocycles. The van der Waals surface area contributed by atoms with Crippen LogP contribution in [-0.2, 0) is 9.09 Å². The molecule has 1 unspecified atom stereocenters. The van der Waals surface area contributed by atoms with E-state index in [2.05, 4.69) is 11.4 Å². The smallest absolute Gasteiger partial charge is 0.392 e. The molecule has 0 saturated heterocycles. The fourth-order valence-electron chi connectivity index (χ4n) is 3.14. The largest absolute Gasteiger partial charge is 0.469 e. The second-order valence-electron chi connectivity index (χ2n) is 8.09. The SMILES string of the molecule is CCCCCCCCCCCCCCCCCCOP(=O)(O)O.NCCC(O)CN. The molecule has 0 amide bonds. The molecule has 8 heteroatoms. The monoisotopic (exact) mass is 454 g/mol. The minimum absolute atomic E-state index is 0.169. The first-order valence-corrected chi connectivity index (χ1v) is 13.7. The maximum Gasteiger partial charge on any atom is 0.469 e. The molecule has 0 saturated carbocycles. The molecule has 0 heterocycles. The average molecular weight is 455 g/mol. The standard InChI is InChI=1S/C18H39O4P.C4H12N2O/c1-2-3-4-5-6-7-8-9-10-11-12-13-14-15-16-17-18-22-23(19,20)21;5-2-1-4(7)3-6/h2-18H2,1H3,(H2,19,20,21);4,7H,1-3,5-6H2. The molecule has 7 N–H and O–H groups in total. The number of phosphoric acid groups is 1. The van der Waals surface area contributed by atoms with Gasteiger partial charge >= 0.3 is 7.82 Å². The Morgan fingerprint density at radius 1 is 0.733 bits per heavy atom. The molecule has 0 rings (SSSR count). The maximum atomic E-state index is 10.5. The lowest BCUT2D eigenvalue weighted by Crippen LogP contribution is -2.22. The minimum atomic E-state index is -4.26. The van der Waals surface area contributed by atoms with Gasteiger partial charge in [-0.25, -0.2) is 4.57 Å². The summed E-state index contributed by atoms with van der Waals surface area (Å²) in [5, 5.41) is 8.65. The lowest BCUT2D eigenvalue weighted by molar-refractivity contribution is 0.175. The zero-order valence-corrected chi connectivity index (χ0v) is 20.4. The topological polar surface area (TPSA) is 139 Å². The lowest BCUT2D eigenvalue weighted by atomic mass is 10.0. The van der Waals surface area contributed by atoms with Crippen LogP contribution in [0.3, 0.4) is 0 Å². The van der Waals surface area contributed by atoms with E-state index in [4.69, 9.17) is 26.4 Å². The van der Waals surface area contributed by atoms with E-state index in [1.54, 1.807) is 0 Å². The quantitative estimate of drug-likeness (QED) is 0.121. The van der Waals surface area contributed by atoms with Crippen LogP contribution >= 0.6 is 7.82 Å². The van der Waals surface area contributed by atoms with Gasteiger partial charge in [-0.05, 0) is 19.4 Å².